The number of nitriles is 1. The van der Waals surface area contributed by atoms with E-state index in [1.54, 1.807) is 12.1 Å². The summed E-state index contributed by atoms with van der Waals surface area (Å²) in [6.45, 7) is 2.95. The van der Waals surface area contributed by atoms with Gasteiger partial charge in [-0.05, 0) is 69.6 Å². The largest absolute Gasteiger partial charge is 0.420 e. The monoisotopic (exact) mass is 604 g/mol. The third-order valence-corrected chi connectivity index (χ3v) is 7.28. The molecule has 0 saturated carbocycles. The minimum absolute atomic E-state index is 0.101. The number of halogens is 4. The first-order chi connectivity index (χ1) is 19.7. The van der Waals surface area contributed by atoms with Gasteiger partial charge in [-0.3, -0.25) is 34.4 Å². The Bertz CT molecular complexity index is 1520. The highest BCUT2D eigenvalue weighted by molar-refractivity contribution is 7.81. The number of benzene rings is 1. The number of carbonyl (C=O) groups is 4. The first-order valence-electron chi connectivity index (χ1n) is 12.7. The average Bonchev–Trinajstić information content (AvgIpc) is 3.08. The van der Waals surface area contributed by atoms with Gasteiger partial charge in [0.1, 0.15) is 17.1 Å². The van der Waals surface area contributed by atoms with Gasteiger partial charge >= 0.3 is 6.18 Å². The van der Waals surface area contributed by atoms with Crippen molar-refractivity contribution < 1.29 is 36.7 Å². The average molecular weight is 605 g/mol. The number of aromatic nitrogens is 1. The molecule has 2 aliphatic heterocycles. The van der Waals surface area contributed by atoms with Crippen molar-refractivity contribution in [3.05, 3.63) is 53.1 Å². The van der Waals surface area contributed by atoms with Crippen LogP contribution in [0.25, 0.3) is 0 Å². The maximum absolute atomic E-state index is 15.2. The molecule has 2 aliphatic rings. The van der Waals surface area contributed by atoms with E-state index in [0.717, 1.165) is 12.1 Å². The summed E-state index contributed by atoms with van der Waals surface area (Å²) in [7, 11) is 0. The van der Waals surface area contributed by atoms with Crippen molar-refractivity contribution in [1.82, 2.24) is 15.6 Å². The van der Waals surface area contributed by atoms with Crippen molar-refractivity contribution in [2.45, 2.75) is 63.7 Å². The number of nitrogens with one attached hydrogen (secondary N) is 2. The van der Waals surface area contributed by atoms with E-state index in [1.165, 1.54) is 31.0 Å². The van der Waals surface area contributed by atoms with E-state index in [1.807, 2.05) is 0 Å². The number of anilines is 2. The maximum atomic E-state index is 15.2. The summed E-state index contributed by atoms with van der Waals surface area (Å²) in [4.78, 5) is 54.9. The molecular weight excluding hydrogens is 580 g/mol. The van der Waals surface area contributed by atoms with Gasteiger partial charge < -0.3 is 10.2 Å². The summed E-state index contributed by atoms with van der Waals surface area (Å²) < 4.78 is 55.9. The lowest BCUT2D eigenvalue weighted by Gasteiger charge is -2.29. The lowest BCUT2D eigenvalue weighted by atomic mass is 10.0. The van der Waals surface area contributed by atoms with E-state index in [2.05, 4.69) is 15.6 Å². The van der Waals surface area contributed by atoms with Gasteiger partial charge in [-0.2, -0.15) is 18.4 Å². The molecule has 2 N–H and O–H groups in total. The standard InChI is InChI=1S/C27H24F4N6O4S/c1-26(2)24(41)36(18-10-6-14(12-32)21(22(18)28)27(29,30)31)25(42)37(26)16-8-7-15(33-13-16)4-3-5-19(38)34-17-9-11-20(39)35-23(17)40/h6-8,10,13,17H,3-5,9,11H2,1-2H3,(H,34,38)(H,35,39,40). The number of amides is 4. The van der Waals surface area contributed by atoms with Crippen LogP contribution in [0.5, 0.6) is 0 Å². The van der Waals surface area contributed by atoms with Crippen LogP contribution in [0.1, 0.15) is 56.4 Å². The van der Waals surface area contributed by atoms with Crippen molar-refractivity contribution in [3.63, 3.8) is 0 Å². The van der Waals surface area contributed by atoms with Crippen molar-refractivity contribution in [2.75, 3.05) is 9.80 Å². The molecule has 220 valence electrons. The highest BCUT2D eigenvalue weighted by Gasteiger charge is 2.52. The molecule has 2 saturated heterocycles. The summed E-state index contributed by atoms with van der Waals surface area (Å²) >= 11 is 5.42. The summed E-state index contributed by atoms with van der Waals surface area (Å²) in [6, 6.07) is 5.47. The number of imide groups is 1. The highest BCUT2D eigenvalue weighted by atomic mass is 32.1. The summed E-state index contributed by atoms with van der Waals surface area (Å²) in [5.41, 5.74) is -3.95. The Morgan fingerprint density at radius 1 is 1.24 bits per heavy atom. The predicted molar refractivity (Wildman–Crippen MR) is 144 cm³/mol. The SMILES string of the molecule is CC1(C)C(=O)N(c2ccc(C#N)c(C(F)(F)F)c2F)C(=S)N1c1ccc(CCCC(=O)NC2CCC(=O)NC2=O)nc1. The van der Waals surface area contributed by atoms with Gasteiger partial charge in [0.15, 0.2) is 10.9 Å². The zero-order valence-electron chi connectivity index (χ0n) is 22.3. The van der Waals surface area contributed by atoms with E-state index >= 15 is 4.39 Å². The quantitative estimate of drug-likeness (QED) is 0.279. The number of rotatable bonds is 7. The minimum atomic E-state index is -5.18. The van der Waals surface area contributed by atoms with Crippen LogP contribution in [0.4, 0.5) is 28.9 Å². The molecule has 2 aromatic rings. The molecule has 3 heterocycles. The highest BCUT2D eigenvalue weighted by Crippen LogP contribution is 2.41. The maximum Gasteiger partial charge on any atom is 0.420 e. The fourth-order valence-electron chi connectivity index (χ4n) is 4.77. The van der Waals surface area contributed by atoms with Crippen LogP contribution in [0.15, 0.2) is 30.5 Å². The third kappa shape index (κ3) is 5.80. The molecule has 4 rings (SSSR count). The first-order valence-corrected chi connectivity index (χ1v) is 13.1. The molecule has 0 spiro atoms. The van der Waals surface area contributed by atoms with Crippen molar-refractivity contribution in [3.8, 4) is 6.07 Å². The van der Waals surface area contributed by atoms with Crippen LogP contribution in [-0.2, 0) is 31.8 Å². The van der Waals surface area contributed by atoms with Gasteiger partial charge in [-0.25, -0.2) is 4.39 Å². The van der Waals surface area contributed by atoms with E-state index in [4.69, 9.17) is 17.5 Å². The number of thiocarbonyl (C=S) groups is 1. The number of nitrogens with zero attached hydrogens (tertiary/aromatic N) is 4. The Labute approximate surface area is 242 Å². The van der Waals surface area contributed by atoms with Gasteiger partial charge in [-0.15, -0.1) is 0 Å². The lowest BCUT2D eigenvalue weighted by molar-refractivity contribution is -0.140. The second-order valence-electron chi connectivity index (χ2n) is 10.2. The number of hydrogen-bond donors (Lipinski definition) is 2. The normalized spacial score (nSPS) is 18.6. The van der Waals surface area contributed by atoms with Crippen molar-refractivity contribution in [2.24, 2.45) is 0 Å². The van der Waals surface area contributed by atoms with Gasteiger partial charge in [0.05, 0.1) is 29.2 Å². The second-order valence-corrected chi connectivity index (χ2v) is 10.5. The van der Waals surface area contributed by atoms with Crippen LogP contribution in [-0.4, -0.2) is 45.3 Å². The summed E-state index contributed by atoms with van der Waals surface area (Å²) in [6.07, 6.45) is -2.52. The van der Waals surface area contributed by atoms with Crippen LogP contribution < -0.4 is 20.4 Å². The molecule has 42 heavy (non-hydrogen) atoms. The summed E-state index contributed by atoms with van der Waals surface area (Å²) in [5, 5.41) is 13.5. The van der Waals surface area contributed by atoms with Gasteiger partial charge in [0.25, 0.3) is 5.91 Å². The summed E-state index contributed by atoms with van der Waals surface area (Å²) in [5.74, 6) is -3.85. The Morgan fingerprint density at radius 2 is 1.95 bits per heavy atom. The minimum Gasteiger partial charge on any atom is -0.344 e. The third-order valence-electron chi connectivity index (χ3n) is 6.91. The molecule has 0 bridgehead atoms. The van der Waals surface area contributed by atoms with E-state index < -0.39 is 52.2 Å². The molecule has 0 aliphatic carbocycles. The molecule has 2 fully saturated rings. The zero-order chi connectivity index (χ0) is 31.0. The van der Waals surface area contributed by atoms with Crippen LogP contribution >= 0.6 is 12.2 Å². The molecule has 1 atom stereocenters. The molecule has 0 radical (unpaired) electrons. The molecule has 1 aromatic carbocycles. The predicted octanol–water partition coefficient (Wildman–Crippen LogP) is 3.27. The Kier molecular flexibility index (Phi) is 8.31. The fourth-order valence-corrected chi connectivity index (χ4v) is 5.29. The topological polar surface area (TPSA) is 136 Å². The number of pyridine rings is 1. The number of alkyl halides is 3. The van der Waals surface area contributed by atoms with Gasteiger partial charge in [0.2, 0.25) is 17.7 Å². The van der Waals surface area contributed by atoms with E-state index in [0.29, 0.717) is 29.1 Å². The van der Waals surface area contributed by atoms with E-state index in [-0.39, 0.29) is 36.2 Å². The Morgan fingerprint density at radius 3 is 2.55 bits per heavy atom. The molecule has 1 aromatic heterocycles. The molecular formula is C27H24F4N6O4S. The molecule has 15 heteroatoms. The van der Waals surface area contributed by atoms with E-state index in [9.17, 15) is 32.3 Å². The van der Waals surface area contributed by atoms with Crippen molar-refractivity contribution in [1.29, 1.82) is 5.26 Å². The zero-order valence-corrected chi connectivity index (χ0v) is 23.2. The Hall–Kier alpha value is -4.45. The Balaban J connectivity index is 1.46. The first kappa shape index (κ1) is 30.5. The van der Waals surface area contributed by atoms with Crippen LogP contribution in [0.2, 0.25) is 0 Å². The van der Waals surface area contributed by atoms with Gasteiger partial charge in [-0.1, -0.05) is 0 Å². The molecule has 10 nitrogen and oxygen atoms in total. The number of piperidine rings is 1. The lowest BCUT2D eigenvalue weighted by Crippen LogP contribution is -2.52. The number of carbonyl (C=O) groups excluding carboxylic acids is 4. The van der Waals surface area contributed by atoms with Gasteiger partial charge in [0, 0.05) is 18.5 Å². The van der Waals surface area contributed by atoms with Crippen molar-refractivity contribution >= 4 is 52.3 Å². The fraction of sp³-hybridized carbons (Fsp3) is 0.370. The van der Waals surface area contributed by atoms with Crippen LogP contribution in [0.3, 0.4) is 0 Å². The molecule has 1 unspecified atom stereocenters. The number of hydrogen-bond acceptors (Lipinski definition) is 7. The van der Waals surface area contributed by atoms with Crippen LogP contribution in [0, 0.1) is 17.1 Å². The number of aryl methyl sites for hydroxylation is 1. The second kappa shape index (κ2) is 11.4. The smallest absolute Gasteiger partial charge is 0.344 e. The molecule has 4 amide bonds.